The van der Waals surface area contributed by atoms with Gasteiger partial charge in [-0.25, -0.2) is 0 Å². The third-order valence-electron chi connectivity index (χ3n) is 5.02. The van der Waals surface area contributed by atoms with Gasteiger partial charge >= 0.3 is 17.5 Å². The number of anilines is 1. The molecular weight excluding hydrogens is 455 g/mol. The molecule has 32 heavy (non-hydrogen) atoms. The van der Waals surface area contributed by atoms with Gasteiger partial charge in [-0.05, 0) is 65.5 Å². The first-order valence-electron chi connectivity index (χ1n) is 9.84. The summed E-state index contributed by atoms with van der Waals surface area (Å²) in [6, 6.07) is 5.72. The Labute approximate surface area is 186 Å². The molecule has 1 aliphatic heterocycles. The van der Waals surface area contributed by atoms with Crippen molar-refractivity contribution >= 4 is 23.1 Å². The van der Waals surface area contributed by atoms with E-state index in [0.29, 0.717) is 25.3 Å². The number of nitro groups is 1. The fourth-order valence-corrected chi connectivity index (χ4v) is 3.90. The van der Waals surface area contributed by atoms with Gasteiger partial charge in [-0.3, -0.25) is 4.57 Å². The van der Waals surface area contributed by atoms with Crippen LogP contribution in [-0.4, -0.2) is 62.1 Å². The van der Waals surface area contributed by atoms with E-state index in [1.807, 2.05) is 0 Å². The number of nitrogens with one attached hydrogen (secondary N) is 1. The molecule has 0 spiro atoms. The Morgan fingerprint density at radius 1 is 1.28 bits per heavy atom. The minimum Gasteiger partial charge on any atom is -0.406 e. The van der Waals surface area contributed by atoms with Gasteiger partial charge in [0.15, 0.2) is 0 Å². The number of imidazole rings is 1. The van der Waals surface area contributed by atoms with Crippen molar-refractivity contribution in [3.05, 3.63) is 45.9 Å². The number of hydrogen-bond donors (Lipinski definition) is 2. The maximum atomic E-state index is 12.2. The molecule has 1 atom stereocenters. The van der Waals surface area contributed by atoms with Gasteiger partial charge in [0.05, 0.1) is 12.1 Å². The van der Waals surface area contributed by atoms with E-state index in [1.165, 1.54) is 35.0 Å². The van der Waals surface area contributed by atoms with Gasteiger partial charge in [0.1, 0.15) is 11.9 Å². The summed E-state index contributed by atoms with van der Waals surface area (Å²) in [6.07, 6.45) is -1.98. The van der Waals surface area contributed by atoms with Gasteiger partial charge in [0.2, 0.25) is 0 Å². The molecule has 2 aromatic rings. The van der Waals surface area contributed by atoms with Crippen molar-refractivity contribution in [2.75, 3.05) is 25.0 Å². The van der Waals surface area contributed by atoms with E-state index in [-0.39, 0.29) is 29.4 Å². The Kier molecular flexibility index (Phi) is 7.16. The summed E-state index contributed by atoms with van der Waals surface area (Å²) in [5, 5.41) is 24.8. The summed E-state index contributed by atoms with van der Waals surface area (Å²) < 4.78 is 41.9. The topological polar surface area (TPSA) is 106 Å². The number of hydrogen-bond acceptors (Lipinski definition) is 7. The first-order valence-corrected chi connectivity index (χ1v) is 10.2. The number of benzene rings is 1. The molecule has 176 valence electrons. The molecule has 0 bridgehead atoms. The molecule has 9 nitrogen and oxygen atoms in total. The van der Waals surface area contributed by atoms with E-state index < -0.39 is 16.9 Å². The average molecular weight is 478 g/mol. The van der Waals surface area contributed by atoms with Crippen LogP contribution < -0.4 is 10.1 Å². The maximum Gasteiger partial charge on any atom is 0.573 e. The van der Waals surface area contributed by atoms with Crippen molar-refractivity contribution in [1.29, 1.82) is 0 Å². The molecule has 0 unspecified atom stereocenters. The Morgan fingerprint density at radius 3 is 2.44 bits per heavy atom. The fourth-order valence-electron chi connectivity index (χ4n) is 3.70. The van der Waals surface area contributed by atoms with Crippen LogP contribution >= 0.6 is 11.6 Å². The lowest BCUT2D eigenvalue weighted by Crippen LogP contribution is -2.48. The molecule has 0 saturated carbocycles. The van der Waals surface area contributed by atoms with Crippen LogP contribution in [0.1, 0.15) is 19.8 Å². The molecule has 2 heterocycles. The zero-order valence-corrected chi connectivity index (χ0v) is 17.9. The van der Waals surface area contributed by atoms with E-state index in [4.69, 9.17) is 11.6 Å². The van der Waals surface area contributed by atoms with Gasteiger partial charge in [-0.15, -0.1) is 13.2 Å². The number of ether oxygens (including phenoxy) is 1. The molecule has 3 rings (SSSR count). The highest BCUT2D eigenvalue weighted by Crippen LogP contribution is 2.26. The molecule has 1 aromatic heterocycles. The number of aliphatic hydroxyl groups is 1. The van der Waals surface area contributed by atoms with Crippen LogP contribution in [0.3, 0.4) is 0 Å². The molecule has 2 N–H and O–H groups in total. The molecule has 0 radical (unpaired) electrons. The average Bonchev–Trinajstić information content (AvgIpc) is 3.03. The molecule has 13 heteroatoms. The van der Waals surface area contributed by atoms with E-state index in [9.17, 15) is 28.4 Å². The molecule has 1 aromatic carbocycles. The van der Waals surface area contributed by atoms with Gasteiger partial charge < -0.3 is 30.2 Å². The van der Waals surface area contributed by atoms with Crippen molar-refractivity contribution in [3.63, 3.8) is 0 Å². The summed E-state index contributed by atoms with van der Waals surface area (Å²) in [5.41, 5.74) is -0.492. The van der Waals surface area contributed by atoms with Crippen molar-refractivity contribution in [2.24, 2.45) is 0 Å². The lowest BCUT2D eigenvalue weighted by Gasteiger charge is -2.37. The largest absolute Gasteiger partial charge is 0.573 e. The molecule has 0 amide bonds. The van der Waals surface area contributed by atoms with Crippen LogP contribution in [0.4, 0.5) is 24.7 Å². The molecule has 1 saturated heterocycles. The lowest BCUT2D eigenvalue weighted by molar-refractivity contribution is -0.389. The van der Waals surface area contributed by atoms with Crippen molar-refractivity contribution < 1.29 is 27.9 Å². The minimum atomic E-state index is -4.72. The number of halogens is 4. The highest BCUT2D eigenvalue weighted by molar-refractivity contribution is 6.28. The number of alkyl halides is 3. The second-order valence-corrected chi connectivity index (χ2v) is 8.36. The lowest BCUT2D eigenvalue weighted by atomic mass is 10.0. The van der Waals surface area contributed by atoms with Crippen LogP contribution in [0.15, 0.2) is 30.5 Å². The summed E-state index contributed by atoms with van der Waals surface area (Å²) in [7, 11) is 0. The van der Waals surface area contributed by atoms with Crippen LogP contribution in [0.25, 0.3) is 0 Å². The Bertz CT molecular complexity index is 928. The summed E-state index contributed by atoms with van der Waals surface area (Å²) >= 11 is 5.93. The van der Waals surface area contributed by atoms with E-state index in [2.05, 4.69) is 19.9 Å². The minimum absolute atomic E-state index is 0.0528. The van der Waals surface area contributed by atoms with Gasteiger partial charge in [-0.1, -0.05) is 0 Å². The second-order valence-electron chi connectivity index (χ2n) is 8.02. The maximum absolute atomic E-state index is 12.2. The zero-order chi connectivity index (χ0) is 23.5. The predicted molar refractivity (Wildman–Crippen MR) is 111 cm³/mol. The number of aromatic nitrogens is 2. The highest BCUT2D eigenvalue weighted by Gasteiger charge is 2.32. The van der Waals surface area contributed by atoms with Crippen molar-refractivity contribution in [1.82, 2.24) is 14.5 Å². The Balaban J connectivity index is 1.47. The summed E-state index contributed by atoms with van der Waals surface area (Å²) in [5.74, 6) is -0.654. The molecule has 1 aliphatic rings. The molecule has 1 fully saturated rings. The van der Waals surface area contributed by atoms with Crippen molar-refractivity contribution in [3.8, 4) is 5.75 Å². The fraction of sp³-hybridized carbons (Fsp3) is 0.526. The standard InChI is InChI=1S/C19H23ClF3N5O4/c1-18(29,12-27-10-16(28(30)31)25-17(27)20)11-26-8-6-14(7-9-26)24-13-2-4-15(5-3-13)32-19(21,22)23/h2-5,10,14,24,29H,6-9,11-12H2,1H3/t18-/m0/s1. The Hall–Kier alpha value is -2.57. The highest BCUT2D eigenvalue weighted by atomic mass is 35.5. The number of β-amino-alcohol motifs (C(OH)–C–C–N with tert-alkyl or cyclic N) is 1. The van der Waals surface area contributed by atoms with Gasteiger partial charge in [-0.2, -0.15) is 0 Å². The third kappa shape index (κ3) is 6.97. The monoisotopic (exact) mass is 477 g/mol. The first-order chi connectivity index (χ1) is 14.9. The SMILES string of the molecule is C[C@](O)(CN1CCC(Nc2ccc(OC(F)(F)F)cc2)CC1)Cn1cc([N+](=O)[O-])nc1Cl. The van der Waals surface area contributed by atoms with E-state index in [1.54, 1.807) is 6.92 Å². The smallest absolute Gasteiger partial charge is 0.406 e. The number of rotatable bonds is 8. The normalized spacial score (nSPS) is 17.7. The quantitative estimate of drug-likeness (QED) is 0.441. The van der Waals surface area contributed by atoms with Crippen LogP contribution in [-0.2, 0) is 6.54 Å². The first kappa shape index (κ1) is 24.1. The number of likely N-dealkylation sites (tertiary alicyclic amines) is 1. The predicted octanol–water partition coefficient (Wildman–Crippen LogP) is 3.67. The van der Waals surface area contributed by atoms with Crippen LogP contribution in [0.5, 0.6) is 5.75 Å². The Morgan fingerprint density at radius 2 is 1.91 bits per heavy atom. The molecular formula is C19H23ClF3N5O4. The molecule has 0 aliphatic carbocycles. The zero-order valence-electron chi connectivity index (χ0n) is 17.2. The van der Waals surface area contributed by atoms with E-state index in [0.717, 1.165) is 12.8 Å². The van der Waals surface area contributed by atoms with E-state index >= 15 is 0 Å². The second kappa shape index (κ2) is 9.51. The number of nitrogens with zero attached hydrogens (tertiary/aromatic N) is 4. The van der Waals surface area contributed by atoms with Crippen molar-refractivity contribution in [2.45, 2.75) is 44.3 Å². The van der Waals surface area contributed by atoms with Crippen LogP contribution in [0.2, 0.25) is 5.28 Å². The van der Waals surface area contributed by atoms with Crippen LogP contribution in [0, 0.1) is 10.1 Å². The van der Waals surface area contributed by atoms with Gasteiger partial charge in [0.25, 0.3) is 0 Å². The summed E-state index contributed by atoms with van der Waals surface area (Å²) in [4.78, 5) is 15.9. The third-order valence-corrected chi connectivity index (χ3v) is 5.33. The number of piperidine rings is 1. The summed E-state index contributed by atoms with van der Waals surface area (Å²) in [6.45, 7) is 3.41. The van der Waals surface area contributed by atoms with Gasteiger partial charge in [0, 0.05) is 31.4 Å².